The number of nitrogens with zero attached hydrogens (tertiary/aromatic N) is 1. The lowest BCUT2D eigenvalue weighted by molar-refractivity contribution is 0.143. The second kappa shape index (κ2) is 7.33. The van der Waals surface area contributed by atoms with Crippen molar-refractivity contribution in [2.75, 3.05) is 13.1 Å². The molecular formula is C16H22F2N2O3S. The Hall–Kier alpha value is -1.25. The van der Waals surface area contributed by atoms with Crippen LogP contribution >= 0.6 is 0 Å². The Morgan fingerprint density at radius 2 is 1.58 bits per heavy atom. The fraction of sp³-hybridized carbons (Fsp3) is 0.625. The molecule has 0 bridgehead atoms. The molecule has 5 nitrogen and oxygen atoms in total. The highest BCUT2D eigenvalue weighted by Crippen LogP contribution is 2.26. The summed E-state index contributed by atoms with van der Waals surface area (Å²) < 4.78 is 60.7. The molecule has 3 rings (SSSR count). The van der Waals surface area contributed by atoms with Crippen LogP contribution in [0.1, 0.15) is 38.5 Å². The van der Waals surface area contributed by atoms with Crippen molar-refractivity contribution < 1.29 is 21.9 Å². The molecule has 2 aliphatic rings. The normalized spacial score (nSPS) is 25.8. The third-order valence-electron chi connectivity index (χ3n) is 4.53. The predicted molar refractivity (Wildman–Crippen MR) is 85.9 cm³/mol. The van der Waals surface area contributed by atoms with Gasteiger partial charge in [-0.25, -0.2) is 8.78 Å². The third-order valence-corrected chi connectivity index (χ3v) is 6.21. The van der Waals surface area contributed by atoms with Gasteiger partial charge in [-0.1, -0.05) is 0 Å². The van der Waals surface area contributed by atoms with Gasteiger partial charge in [-0.3, -0.25) is 0 Å². The topological polar surface area (TPSA) is 58.6 Å². The van der Waals surface area contributed by atoms with Crippen LogP contribution in [-0.2, 0) is 10.2 Å². The number of nitrogens with one attached hydrogen (secondary N) is 1. The summed E-state index contributed by atoms with van der Waals surface area (Å²) in [7, 11) is -3.40. The Bertz CT molecular complexity index is 650. The molecule has 8 heteroatoms. The molecule has 0 amide bonds. The van der Waals surface area contributed by atoms with Gasteiger partial charge in [0.25, 0.3) is 10.2 Å². The smallest absolute Gasteiger partial charge is 0.279 e. The fourth-order valence-electron chi connectivity index (χ4n) is 3.30. The van der Waals surface area contributed by atoms with Crippen LogP contribution in [0.3, 0.4) is 0 Å². The molecule has 0 spiro atoms. The second-order valence-electron chi connectivity index (χ2n) is 6.43. The van der Waals surface area contributed by atoms with Crippen LogP contribution in [0.5, 0.6) is 5.75 Å². The van der Waals surface area contributed by atoms with Crippen LogP contribution in [0, 0.1) is 11.6 Å². The van der Waals surface area contributed by atoms with Gasteiger partial charge in [0.2, 0.25) is 0 Å². The molecule has 1 saturated heterocycles. The number of hydrogen-bond donors (Lipinski definition) is 1. The highest BCUT2D eigenvalue weighted by Gasteiger charge is 2.30. The van der Waals surface area contributed by atoms with Gasteiger partial charge in [0.15, 0.2) is 0 Å². The van der Waals surface area contributed by atoms with E-state index < -0.39 is 21.8 Å². The molecule has 0 unspecified atom stereocenters. The highest BCUT2D eigenvalue weighted by atomic mass is 32.2. The molecule has 0 aromatic heterocycles. The molecular weight excluding hydrogens is 338 g/mol. The van der Waals surface area contributed by atoms with Crippen LogP contribution in [0.15, 0.2) is 18.2 Å². The van der Waals surface area contributed by atoms with Crippen molar-refractivity contribution in [3.05, 3.63) is 29.8 Å². The van der Waals surface area contributed by atoms with Crippen molar-refractivity contribution in [3.8, 4) is 5.75 Å². The first kappa shape index (κ1) is 17.6. The van der Waals surface area contributed by atoms with Crippen molar-refractivity contribution in [1.82, 2.24) is 9.03 Å². The number of hydrogen-bond acceptors (Lipinski definition) is 3. The van der Waals surface area contributed by atoms with Crippen molar-refractivity contribution in [2.45, 2.75) is 50.7 Å². The molecule has 2 fully saturated rings. The highest BCUT2D eigenvalue weighted by molar-refractivity contribution is 7.87. The zero-order valence-electron chi connectivity index (χ0n) is 13.4. The average Bonchev–Trinajstić information content (AvgIpc) is 3.03. The molecule has 1 aliphatic carbocycles. The predicted octanol–water partition coefficient (Wildman–Crippen LogP) is 2.59. The first-order valence-corrected chi connectivity index (χ1v) is 9.76. The van der Waals surface area contributed by atoms with Crippen LogP contribution in [0.25, 0.3) is 0 Å². The molecule has 1 N–H and O–H groups in total. The number of halogens is 2. The van der Waals surface area contributed by atoms with Gasteiger partial charge in [-0.2, -0.15) is 17.4 Å². The molecule has 1 aliphatic heterocycles. The van der Waals surface area contributed by atoms with E-state index in [0.29, 0.717) is 38.8 Å². The van der Waals surface area contributed by atoms with E-state index in [0.717, 1.165) is 31.0 Å². The maximum absolute atomic E-state index is 13.2. The summed E-state index contributed by atoms with van der Waals surface area (Å²) in [5.41, 5.74) is 0. The average molecular weight is 360 g/mol. The summed E-state index contributed by atoms with van der Waals surface area (Å²) in [5.74, 6) is -1.16. The van der Waals surface area contributed by atoms with Crippen LogP contribution in [0.2, 0.25) is 0 Å². The minimum Gasteiger partial charge on any atom is -0.490 e. The summed E-state index contributed by atoms with van der Waals surface area (Å²) in [5, 5.41) is 0. The number of ether oxygens (including phenoxy) is 1. The van der Waals surface area contributed by atoms with E-state index >= 15 is 0 Å². The molecule has 134 valence electrons. The largest absolute Gasteiger partial charge is 0.490 e. The molecule has 1 saturated carbocycles. The molecule has 0 atom stereocenters. The zero-order chi connectivity index (χ0) is 17.2. The van der Waals surface area contributed by atoms with Gasteiger partial charge in [-0.05, 0) is 38.5 Å². The Morgan fingerprint density at radius 1 is 1.00 bits per heavy atom. The summed E-state index contributed by atoms with van der Waals surface area (Å²) in [6.07, 6.45) is 4.25. The Kier molecular flexibility index (Phi) is 5.36. The molecule has 0 radical (unpaired) electrons. The molecule has 1 aromatic rings. The summed E-state index contributed by atoms with van der Waals surface area (Å²) in [4.78, 5) is 0. The van der Waals surface area contributed by atoms with Crippen molar-refractivity contribution >= 4 is 10.2 Å². The maximum atomic E-state index is 13.2. The van der Waals surface area contributed by atoms with Gasteiger partial charge in [0, 0.05) is 37.3 Å². The van der Waals surface area contributed by atoms with Crippen molar-refractivity contribution in [2.24, 2.45) is 0 Å². The Labute approximate surface area is 141 Å². The van der Waals surface area contributed by atoms with E-state index in [-0.39, 0.29) is 17.9 Å². The number of rotatable bonds is 5. The van der Waals surface area contributed by atoms with Crippen LogP contribution in [-0.4, -0.2) is 38.0 Å². The number of benzene rings is 1. The molecule has 1 heterocycles. The Balaban J connectivity index is 1.50. The van der Waals surface area contributed by atoms with Crippen LogP contribution < -0.4 is 9.46 Å². The molecule has 24 heavy (non-hydrogen) atoms. The summed E-state index contributed by atoms with van der Waals surface area (Å²) >= 11 is 0. The van der Waals surface area contributed by atoms with E-state index in [1.807, 2.05) is 0 Å². The SMILES string of the molecule is O=S(=O)(NC1CCC(Oc2cc(F)cc(F)c2)CC1)N1CCCC1. The summed E-state index contributed by atoms with van der Waals surface area (Å²) in [6.45, 7) is 1.16. The lowest BCUT2D eigenvalue weighted by atomic mass is 9.94. The van der Waals surface area contributed by atoms with Gasteiger partial charge < -0.3 is 4.74 Å². The standard InChI is InChI=1S/C16H22F2N2O3S/c17-12-9-13(18)11-16(10-12)23-15-5-3-14(4-6-15)19-24(21,22)20-7-1-2-8-20/h9-11,14-15,19H,1-8H2. The van der Waals surface area contributed by atoms with E-state index in [4.69, 9.17) is 4.74 Å². The van der Waals surface area contributed by atoms with Crippen molar-refractivity contribution in [3.63, 3.8) is 0 Å². The lowest BCUT2D eigenvalue weighted by Crippen LogP contribution is -2.46. The van der Waals surface area contributed by atoms with E-state index in [1.165, 1.54) is 4.31 Å². The first-order valence-electron chi connectivity index (χ1n) is 8.32. The Morgan fingerprint density at radius 3 is 2.17 bits per heavy atom. The minimum absolute atomic E-state index is 0.111. The van der Waals surface area contributed by atoms with Crippen molar-refractivity contribution in [1.29, 1.82) is 0 Å². The van der Waals surface area contributed by atoms with E-state index in [9.17, 15) is 17.2 Å². The maximum Gasteiger partial charge on any atom is 0.279 e. The van der Waals surface area contributed by atoms with Gasteiger partial charge in [-0.15, -0.1) is 0 Å². The molecule has 1 aromatic carbocycles. The summed E-state index contributed by atoms with van der Waals surface area (Å²) in [6, 6.07) is 3.01. The van der Waals surface area contributed by atoms with Crippen LogP contribution in [0.4, 0.5) is 8.78 Å². The van der Waals surface area contributed by atoms with Gasteiger partial charge >= 0.3 is 0 Å². The van der Waals surface area contributed by atoms with E-state index in [1.54, 1.807) is 0 Å². The lowest BCUT2D eigenvalue weighted by Gasteiger charge is -2.30. The first-order chi connectivity index (χ1) is 11.4. The van der Waals surface area contributed by atoms with E-state index in [2.05, 4.69) is 4.72 Å². The third kappa shape index (κ3) is 4.43. The minimum atomic E-state index is -3.40. The van der Waals surface area contributed by atoms with Gasteiger partial charge in [0.05, 0.1) is 6.10 Å². The fourth-order valence-corrected chi connectivity index (χ4v) is 4.85. The zero-order valence-corrected chi connectivity index (χ0v) is 14.2. The quantitative estimate of drug-likeness (QED) is 0.878. The second-order valence-corrected chi connectivity index (χ2v) is 8.13. The van der Waals surface area contributed by atoms with Gasteiger partial charge in [0.1, 0.15) is 17.4 Å². The monoisotopic (exact) mass is 360 g/mol.